The maximum atomic E-state index is 12.5. The normalized spacial score (nSPS) is 20.2. The number of hydrogen-bond acceptors (Lipinski definition) is 3. The summed E-state index contributed by atoms with van der Waals surface area (Å²) >= 11 is 0. The van der Waals surface area contributed by atoms with Crippen LogP contribution in [-0.4, -0.2) is 28.5 Å². The number of carbonyl (C=O) groups is 2. The number of ether oxygens (including phenoxy) is 1. The third-order valence-corrected chi connectivity index (χ3v) is 4.04. The summed E-state index contributed by atoms with van der Waals surface area (Å²) in [4.78, 5) is 24.1. The van der Waals surface area contributed by atoms with E-state index in [-0.39, 0.29) is 5.78 Å². The number of carboxylic acid groups (broad SMARTS) is 1. The molecule has 5 nitrogen and oxygen atoms in total. The lowest BCUT2D eigenvalue weighted by Gasteiger charge is -2.21. The second-order valence-corrected chi connectivity index (χ2v) is 5.04. The van der Waals surface area contributed by atoms with Crippen LogP contribution in [0.4, 0.5) is 0 Å². The first-order valence-corrected chi connectivity index (χ1v) is 6.68. The zero-order chi connectivity index (χ0) is 15.0. The highest BCUT2D eigenvalue weighted by atomic mass is 16.5. The molecule has 0 fully saturated rings. The molecule has 2 heterocycles. The molecule has 21 heavy (non-hydrogen) atoms. The second kappa shape index (κ2) is 4.86. The van der Waals surface area contributed by atoms with Gasteiger partial charge in [0.15, 0.2) is 0 Å². The van der Waals surface area contributed by atoms with Crippen LogP contribution in [0, 0.1) is 0 Å². The molecule has 108 valence electrons. The van der Waals surface area contributed by atoms with Crippen LogP contribution in [-0.2, 0) is 21.7 Å². The Hall–Kier alpha value is -2.40. The van der Waals surface area contributed by atoms with Crippen LogP contribution in [0.5, 0.6) is 0 Å². The van der Waals surface area contributed by atoms with Gasteiger partial charge in [-0.25, -0.2) is 4.79 Å². The average molecular weight is 285 g/mol. The Morgan fingerprint density at radius 1 is 1.19 bits per heavy atom. The van der Waals surface area contributed by atoms with Crippen LogP contribution >= 0.6 is 0 Å². The number of rotatable bonds is 4. The molecule has 2 aromatic rings. The second-order valence-electron chi connectivity index (χ2n) is 5.04. The molecule has 0 aliphatic carbocycles. The van der Waals surface area contributed by atoms with Crippen LogP contribution in [0.3, 0.4) is 0 Å². The van der Waals surface area contributed by atoms with Crippen molar-refractivity contribution in [1.82, 2.24) is 4.57 Å². The average Bonchev–Trinajstić information content (AvgIpc) is 3.07. The summed E-state index contributed by atoms with van der Waals surface area (Å²) in [5.41, 5.74) is 0.256. The first-order chi connectivity index (χ1) is 10.1. The minimum Gasteiger partial charge on any atom is -0.479 e. The summed E-state index contributed by atoms with van der Waals surface area (Å²) in [6, 6.07) is 12.3. The smallest absolute Gasteiger partial charge is 0.342 e. The maximum Gasteiger partial charge on any atom is 0.342 e. The van der Waals surface area contributed by atoms with Gasteiger partial charge in [0.2, 0.25) is 11.4 Å². The van der Waals surface area contributed by atoms with Gasteiger partial charge in [0, 0.05) is 25.6 Å². The molecule has 0 amide bonds. The molecule has 1 N–H and O–H groups in total. The molecule has 0 saturated carbocycles. The van der Waals surface area contributed by atoms with Gasteiger partial charge in [-0.2, -0.15) is 0 Å². The standard InChI is InChI=1S/C16H15NO4/c1-21-16(15(19)20)9-10-17-12(7-8-13(16)17)14(18)11-5-3-2-4-6-11/h2-8H,9-10H2,1H3,(H,19,20)/t16-/m0/s1. The third-order valence-electron chi connectivity index (χ3n) is 4.04. The lowest BCUT2D eigenvalue weighted by molar-refractivity contribution is -0.163. The summed E-state index contributed by atoms with van der Waals surface area (Å²) < 4.78 is 7.00. The summed E-state index contributed by atoms with van der Waals surface area (Å²) in [7, 11) is 1.38. The zero-order valence-corrected chi connectivity index (χ0v) is 11.6. The molecule has 5 heteroatoms. The molecule has 1 aromatic carbocycles. The molecule has 1 aliphatic heterocycles. The molecular weight excluding hydrogens is 270 g/mol. The predicted molar refractivity (Wildman–Crippen MR) is 75.2 cm³/mol. The van der Waals surface area contributed by atoms with Gasteiger partial charge in [0.25, 0.3) is 0 Å². The fourth-order valence-electron chi connectivity index (χ4n) is 2.90. The number of carbonyl (C=O) groups excluding carboxylic acids is 1. The fourth-order valence-corrected chi connectivity index (χ4v) is 2.90. The van der Waals surface area contributed by atoms with Crippen molar-refractivity contribution in [2.45, 2.75) is 18.6 Å². The SMILES string of the molecule is CO[C@@]1(C(=O)O)CCn2c(C(=O)c3ccccc3)ccc21. The maximum absolute atomic E-state index is 12.5. The summed E-state index contributed by atoms with van der Waals surface area (Å²) in [5, 5.41) is 9.45. The minimum absolute atomic E-state index is 0.112. The molecule has 1 aromatic heterocycles. The van der Waals surface area contributed by atoms with E-state index in [9.17, 15) is 14.7 Å². The van der Waals surface area contributed by atoms with E-state index in [1.54, 1.807) is 41.0 Å². The van der Waals surface area contributed by atoms with E-state index in [0.717, 1.165) is 0 Å². The van der Waals surface area contributed by atoms with Gasteiger partial charge < -0.3 is 14.4 Å². The van der Waals surface area contributed by atoms with Crippen LogP contribution in [0.1, 0.15) is 28.2 Å². The number of benzene rings is 1. The number of aliphatic carboxylic acids is 1. The highest BCUT2D eigenvalue weighted by Crippen LogP contribution is 2.38. The van der Waals surface area contributed by atoms with Crippen molar-refractivity contribution in [2.75, 3.05) is 7.11 Å². The van der Waals surface area contributed by atoms with Crippen LogP contribution in [0.25, 0.3) is 0 Å². The molecule has 0 saturated heterocycles. The van der Waals surface area contributed by atoms with Crippen molar-refractivity contribution in [2.24, 2.45) is 0 Å². The summed E-state index contributed by atoms with van der Waals surface area (Å²) in [6.45, 7) is 0.455. The van der Waals surface area contributed by atoms with E-state index in [4.69, 9.17) is 4.74 Å². The van der Waals surface area contributed by atoms with Crippen LogP contribution in [0.15, 0.2) is 42.5 Å². The van der Waals surface area contributed by atoms with Gasteiger partial charge in [0.1, 0.15) is 0 Å². The number of fused-ring (bicyclic) bond motifs is 1. The summed E-state index contributed by atoms with van der Waals surface area (Å²) in [5.74, 6) is -1.14. The van der Waals surface area contributed by atoms with E-state index in [2.05, 4.69) is 0 Å². The van der Waals surface area contributed by atoms with Gasteiger partial charge >= 0.3 is 5.97 Å². The predicted octanol–water partition coefficient (Wildman–Crippen LogP) is 2.05. The molecule has 0 unspecified atom stereocenters. The van der Waals surface area contributed by atoms with E-state index in [0.29, 0.717) is 29.9 Å². The lowest BCUT2D eigenvalue weighted by Crippen LogP contribution is -2.35. The largest absolute Gasteiger partial charge is 0.479 e. The van der Waals surface area contributed by atoms with Gasteiger partial charge in [-0.3, -0.25) is 4.79 Å². The molecule has 1 aliphatic rings. The number of ketones is 1. The molecule has 3 rings (SSSR count). The fraction of sp³-hybridized carbons (Fsp3) is 0.250. The molecule has 0 radical (unpaired) electrons. The third kappa shape index (κ3) is 1.89. The van der Waals surface area contributed by atoms with Crippen LogP contribution < -0.4 is 0 Å². The highest BCUT2D eigenvalue weighted by molar-refractivity contribution is 6.08. The Morgan fingerprint density at radius 2 is 1.90 bits per heavy atom. The number of carboxylic acids is 1. The van der Waals surface area contributed by atoms with Crippen molar-refractivity contribution in [1.29, 1.82) is 0 Å². The lowest BCUT2D eigenvalue weighted by atomic mass is 9.99. The Labute approximate surface area is 121 Å². The number of nitrogens with zero attached hydrogens (tertiary/aromatic N) is 1. The van der Waals surface area contributed by atoms with E-state index < -0.39 is 11.6 Å². The Bertz CT molecular complexity index is 704. The Balaban J connectivity index is 2.05. The van der Waals surface area contributed by atoms with E-state index >= 15 is 0 Å². The quantitative estimate of drug-likeness (QED) is 0.873. The van der Waals surface area contributed by atoms with E-state index in [1.165, 1.54) is 7.11 Å². The van der Waals surface area contributed by atoms with E-state index in [1.807, 2.05) is 6.07 Å². The summed E-state index contributed by atoms with van der Waals surface area (Å²) in [6.07, 6.45) is 0.323. The van der Waals surface area contributed by atoms with Crippen molar-refractivity contribution in [3.8, 4) is 0 Å². The van der Waals surface area contributed by atoms with Gasteiger partial charge in [-0.1, -0.05) is 30.3 Å². The monoisotopic (exact) mass is 285 g/mol. The molecule has 0 bridgehead atoms. The van der Waals surface area contributed by atoms with Gasteiger partial charge in [0.05, 0.1) is 11.4 Å². The Kier molecular flexibility index (Phi) is 3.14. The first kappa shape index (κ1) is 13.6. The van der Waals surface area contributed by atoms with Gasteiger partial charge in [-0.15, -0.1) is 0 Å². The molecule has 0 spiro atoms. The zero-order valence-electron chi connectivity index (χ0n) is 11.6. The first-order valence-electron chi connectivity index (χ1n) is 6.68. The van der Waals surface area contributed by atoms with Crippen molar-refractivity contribution in [3.63, 3.8) is 0 Å². The van der Waals surface area contributed by atoms with Crippen molar-refractivity contribution in [3.05, 3.63) is 59.4 Å². The number of methoxy groups -OCH3 is 1. The number of aromatic nitrogens is 1. The highest BCUT2D eigenvalue weighted by Gasteiger charge is 2.47. The van der Waals surface area contributed by atoms with Crippen molar-refractivity contribution >= 4 is 11.8 Å². The number of hydrogen-bond donors (Lipinski definition) is 1. The Morgan fingerprint density at radius 3 is 2.52 bits per heavy atom. The topological polar surface area (TPSA) is 68.5 Å². The van der Waals surface area contributed by atoms with Crippen molar-refractivity contribution < 1.29 is 19.4 Å². The van der Waals surface area contributed by atoms with Gasteiger partial charge in [-0.05, 0) is 12.1 Å². The minimum atomic E-state index is -1.35. The molecular formula is C16H15NO4. The molecule has 1 atom stereocenters. The van der Waals surface area contributed by atoms with Crippen LogP contribution in [0.2, 0.25) is 0 Å².